The van der Waals surface area contributed by atoms with Gasteiger partial charge in [-0.2, -0.15) is 0 Å². The van der Waals surface area contributed by atoms with Crippen molar-refractivity contribution in [2.75, 3.05) is 0 Å². The number of hydrogen-bond acceptors (Lipinski definition) is 2. The van der Waals surface area contributed by atoms with Crippen molar-refractivity contribution in [1.82, 2.24) is 0 Å². The summed E-state index contributed by atoms with van der Waals surface area (Å²) in [6.45, 7) is 0. The number of fused-ring (bicyclic) bond motifs is 3. The number of benzene rings is 2. The first-order valence-electron chi connectivity index (χ1n) is 4.94. The Kier molecular flexibility index (Phi) is 2.38. The molecule has 0 aliphatic rings. The molecule has 1 heterocycles. The Morgan fingerprint density at radius 3 is 2.41 bits per heavy atom. The fourth-order valence-corrected chi connectivity index (χ4v) is 4.94. The molecule has 1 aromatic heterocycles. The molecule has 3 aromatic rings. The molecule has 0 aliphatic carbocycles. The van der Waals surface area contributed by atoms with Crippen LogP contribution in [0.3, 0.4) is 0 Å². The predicted molar refractivity (Wildman–Crippen MR) is 68.2 cm³/mol. The minimum atomic E-state index is -4.10. The summed E-state index contributed by atoms with van der Waals surface area (Å²) >= 11 is 0.118. The SMILES string of the molecule is O=S(=O)(O)c1ccc2c(c1)[se]c1ccccc12. The van der Waals surface area contributed by atoms with Gasteiger partial charge in [-0.15, -0.1) is 0 Å². The van der Waals surface area contributed by atoms with Crippen LogP contribution in [0.25, 0.3) is 19.3 Å². The van der Waals surface area contributed by atoms with Crippen molar-refractivity contribution in [3.8, 4) is 0 Å². The zero-order valence-electron chi connectivity index (χ0n) is 8.62. The van der Waals surface area contributed by atoms with E-state index in [2.05, 4.69) is 6.07 Å². The van der Waals surface area contributed by atoms with Gasteiger partial charge in [0.15, 0.2) is 0 Å². The van der Waals surface area contributed by atoms with E-state index in [0.717, 1.165) is 9.65 Å². The fraction of sp³-hybridized carbons (Fsp3) is 0. The number of hydrogen-bond donors (Lipinski definition) is 1. The van der Waals surface area contributed by atoms with Crippen LogP contribution in [0.4, 0.5) is 0 Å². The second kappa shape index (κ2) is 3.68. The quantitative estimate of drug-likeness (QED) is 0.554. The van der Waals surface area contributed by atoms with Crippen LogP contribution in [-0.4, -0.2) is 27.5 Å². The molecular weight excluding hydrogens is 303 g/mol. The molecule has 0 amide bonds. The molecule has 0 saturated heterocycles. The van der Waals surface area contributed by atoms with Gasteiger partial charge in [0.05, 0.1) is 0 Å². The molecule has 0 bridgehead atoms. The van der Waals surface area contributed by atoms with Crippen LogP contribution in [0, 0.1) is 0 Å². The van der Waals surface area contributed by atoms with Gasteiger partial charge in [-0.1, -0.05) is 0 Å². The third-order valence-corrected chi connectivity index (χ3v) is 5.88. The molecule has 2 aromatic carbocycles. The summed E-state index contributed by atoms with van der Waals surface area (Å²) < 4.78 is 33.4. The first kappa shape index (κ1) is 11.0. The molecule has 17 heavy (non-hydrogen) atoms. The molecule has 0 unspecified atom stereocenters. The van der Waals surface area contributed by atoms with Crippen LogP contribution in [-0.2, 0) is 10.1 Å². The molecule has 3 rings (SSSR count). The van der Waals surface area contributed by atoms with Crippen LogP contribution >= 0.6 is 0 Å². The van der Waals surface area contributed by atoms with Crippen molar-refractivity contribution in [3.63, 3.8) is 0 Å². The van der Waals surface area contributed by atoms with Crippen molar-refractivity contribution in [2.24, 2.45) is 0 Å². The second-order valence-corrected chi connectivity index (χ2v) is 7.43. The average molecular weight is 311 g/mol. The molecule has 0 atom stereocenters. The van der Waals surface area contributed by atoms with Gasteiger partial charge in [0.2, 0.25) is 0 Å². The van der Waals surface area contributed by atoms with Gasteiger partial charge in [-0.3, -0.25) is 0 Å². The van der Waals surface area contributed by atoms with E-state index in [4.69, 9.17) is 4.55 Å². The Morgan fingerprint density at radius 1 is 0.941 bits per heavy atom. The Hall–Kier alpha value is -1.13. The molecule has 0 spiro atoms. The van der Waals surface area contributed by atoms with E-state index in [1.54, 1.807) is 12.1 Å². The second-order valence-electron chi connectivity index (χ2n) is 3.73. The Labute approximate surface area is 104 Å². The summed E-state index contributed by atoms with van der Waals surface area (Å²) in [7, 11) is -4.10. The van der Waals surface area contributed by atoms with Crippen LogP contribution < -0.4 is 0 Å². The van der Waals surface area contributed by atoms with Crippen molar-refractivity contribution in [1.29, 1.82) is 0 Å². The van der Waals surface area contributed by atoms with Gasteiger partial charge in [0.1, 0.15) is 0 Å². The number of rotatable bonds is 1. The van der Waals surface area contributed by atoms with Crippen molar-refractivity contribution in [3.05, 3.63) is 42.5 Å². The topological polar surface area (TPSA) is 54.4 Å². The fourth-order valence-electron chi connectivity index (χ4n) is 1.87. The zero-order chi connectivity index (χ0) is 12.0. The predicted octanol–water partition coefficient (Wildman–Crippen LogP) is 2.30. The standard InChI is InChI=1S/C12H8O3SSe/c13-16(14,15)8-5-6-10-9-3-1-2-4-11(9)17-12(10)7-8/h1-7H,(H,13,14,15). The van der Waals surface area contributed by atoms with Crippen molar-refractivity contribution < 1.29 is 13.0 Å². The van der Waals surface area contributed by atoms with E-state index >= 15 is 0 Å². The summed E-state index contributed by atoms with van der Waals surface area (Å²) in [6.07, 6.45) is 0. The Balaban J connectivity index is 2.42. The molecular formula is C12H8O3SSe. The maximum atomic E-state index is 11.1. The molecule has 5 heteroatoms. The van der Waals surface area contributed by atoms with Crippen molar-refractivity contribution in [2.45, 2.75) is 4.90 Å². The zero-order valence-corrected chi connectivity index (χ0v) is 11.2. The molecule has 0 saturated carbocycles. The van der Waals surface area contributed by atoms with Crippen LogP contribution in [0.15, 0.2) is 47.4 Å². The van der Waals surface area contributed by atoms with E-state index in [9.17, 15) is 8.42 Å². The first-order chi connectivity index (χ1) is 8.05. The Morgan fingerprint density at radius 2 is 1.65 bits per heavy atom. The summed E-state index contributed by atoms with van der Waals surface area (Å²) in [5.74, 6) is 0. The van der Waals surface area contributed by atoms with E-state index in [0.29, 0.717) is 0 Å². The summed E-state index contributed by atoms with van der Waals surface area (Å²) in [6, 6.07) is 12.8. The summed E-state index contributed by atoms with van der Waals surface area (Å²) in [4.78, 5) is -0.0223. The normalized spacial score (nSPS) is 12.3. The van der Waals surface area contributed by atoms with E-state index in [1.807, 2.05) is 18.2 Å². The molecule has 0 fully saturated rings. The van der Waals surface area contributed by atoms with Crippen LogP contribution in [0.2, 0.25) is 0 Å². The molecule has 3 nitrogen and oxygen atoms in total. The third-order valence-electron chi connectivity index (χ3n) is 2.65. The first-order valence-corrected chi connectivity index (χ1v) is 8.10. The van der Waals surface area contributed by atoms with Gasteiger partial charge >= 0.3 is 104 Å². The van der Waals surface area contributed by atoms with Gasteiger partial charge in [-0.25, -0.2) is 0 Å². The van der Waals surface area contributed by atoms with Crippen molar-refractivity contribution >= 4 is 43.9 Å². The minimum absolute atomic E-state index is 0.0223. The van der Waals surface area contributed by atoms with Crippen LogP contribution in [0.1, 0.15) is 0 Å². The molecule has 86 valence electrons. The molecule has 1 N–H and O–H groups in total. The van der Waals surface area contributed by atoms with Gasteiger partial charge in [0.25, 0.3) is 0 Å². The molecule has 0 radical (unpaired) electrons. The third kappa shape index (κ3) is 1.81. The van der Waals surface area contributed by atoms with E-state index in [1.165, 1.54) is 15.7 Å². The monoisotopic (exact) mass is 312 g/mol. The van der Waals surface area contributed by atoms with Crippen LogP contribution in [0.5, 0.6) is 0 Å². The summed E-state index contributed by atoms with van der Waals surface area (Å²) in [5, 5.41) is 2.25. The maximum absolute atomic E-state index is 11.1. The van der Waals surface area contributed by atoms with Gasteiger partial charge in [-0.05, 0) is 0 Å². The van der Waals surface area contributed by atoms with Gasteiger partial charge in [0, 0.05) is 0 Å². The van der Waals surface area contributed by atoms with Gasteiger partial charge < -0.3 is 0 Å². The average Bonchev–Trinajstić information content (AvgIpc) is 2.65. The van der Waals surface area contributed by atoms with E-state index < -0.39 is 10.1 Å². The summed E-state index contributed by atoms with van der Waals surface area (Å²) in [5.41, 5.74) is 0. The molecule has 0 aliphatic heterocycles. The van der Waals surface area contributed by atoms with E-state index in [-0.39, 0.29) is 19.4 Å². The Bertz CT molecular complexity index is 818.